The van der Waals surface area contributed by atoms with Gasteiger partial charge in [0.25, 0.3) is 0 Å². The fourth-order valence-electron chi connectivity index (χ4n) is 0.835. The standard InChI is InChI=1S/C11H13N/c1-3-10(2)9-12-11-7-5-4-6-8-11/h3-7,9H,1,8H2,2H3/b10-9-,12-11?. The summed E-state index contributed by atoms with van der Waals surface area (Å²) in [6.07, 6.45) is 12.7. The zero-order valence-electron chi connectivity index (χ0n) is 7.33. The van der Waals surface area contributed by atoms with E-state index in [9.17, 15) is 0 Å². The van der Waals surface area contributed by atoms with Crippen molar-refractivity contribution in [1.82, 2.24) is 0 Å². The highest BCUT2D eigenvalue weighted by atomic mass is 14.7. The minimum Gasteiger partial charge on any atom is -0.261 e. The van der Waals surface area contributed by atoms with Gasteiger partial charge in [-0.2, -0.15) is 0 Å². The lowest BCUT2D eigenvalue weighted by molar-refractivity contribution is 1.36. The Hall–Kier alpha value is -1.37. The summed E-state index contributed by atoms with van der Waals surface area (Å²) in [7, 11) is 0. The molecule has 0 saturated heterocycles. The first-order valence-corrected chi connectivity index (χ1v) is 4.02. The van der Waals surface area contributed by atoms with Crippen LogP contribution < -0.4 is 0 Å². The predicted molar refractivity (Wildman–Crippen MR) is 54.3 cm³/mol. The van der Waals surface area contributed by atoms with Crippen LogP contribution in [0.4, 0.5) is 0 Å². The molecule has 0 radical (unpaired) electrons. The van der Waals surface area contributed by atoms with E-state index in [-0.39, 0.29) is 0 Å². The first-order chi connectivity index (χ1) is 5.83. The van der Waals surface area contributed by atoms with E-state index in [0.29, 0.717) is 0 Å². The molecule has 0 spiro atoms. The molecule has 0 heterocycles. The summed E-state index contributed by atoms with van der Waals surface area (Å²) in [5.41, 5.74) is 2.18. The fourth-order valence-corrected chi connectivity index (χ4v) is 0.835. The number of aliphatic imine (C=N–C) groups is 1. The van der Waals surface area contributed by atoms with Crippen LogP contribution in [0.3, 0.4) is 0 Å². The Morgan fingerprint density at radius 3 is 3.00 bits per heavy atom. The van der Waals surface area contributed by atoms with Gasteiger partial charge in [-0.3, -0.25) is 4.99 Å². The number of rotatable bonds is 2. The van der Waals surface area contributed by atoms with Crippen LogP contribution in [0.25, 0.3) is 0 Å². The van der Waals surface area contributed by atoms with Crippen LogP contribution in [0, 0.1) is 0 Å². The van der Waals surface area contributed by atoms with Crippen molar-refractivity contribution >= 4 is 5.71 Å². The van der Waals surface area contributed by atoms with Gasteiger partial charge in [-0.25, -0.2) is 0 Å². The number of hydrogen-bond donors (Lipinski definition) is 0. The molecule has 1 rings (SSSR count). The number of nitrogens with zero attached hydrogens (tertiary/aromatic N) is 1. The average molecular weight is 159 g/mol. The molecule has 0 aromatic carbocycles. The van der Waals surface area contributed by atoms with Crippen LogP contribution in [0.15, 0.2) is 53.7 Å². The van der Waals surface area contributed by atoms with Gasteiger partial charge in [0.05, 0.1) is 0 Å². The summed E-state index contributed by atoms with van der Waals surface area (Å²) in [4.78, 5) is 4.30. The third-order valence-corrected chi connectivity index (χ3v) is 1.62. The second-order valence-electron chi connectivity index (χ2n) is 2.69. The van der Waals surface area contributed by atoms with E-state index in [1.165, 1.54) is 0 Å². The zero-order valence-corrected chi connectivity index (χ0v) is 7.33. The van der Waals surface area contributed by atoms with Crippen LogP contribution >= 0.6 is 0 Å². The van der Waals surface area contributed by atoms with Gasteiger partial charge in [0.15, 0.2) is 0 Å². The maximum Gasteiger partial charge on any atom is 0.0441 e. The first kappa shape index (κ1) is 8.72. The molecule has 0 atom stereocenters. The molecule has 0 saturated carbocycles. The van der Waals surface area contributed by atoms with Crippen LogP contribution in [-0.4, -0.2) is 5.71 Å². The second-order valence-corrected chi connectivity index (χ2v) is 2.69. The molecule has 1 aliphatic rings. The molecule has 62 valence electrons. The van der Waals surface area contributed by atoms with Crippen molar-refractivity contribution < 1.29 is 0 Å². The molecule has 1 heteroatoms. The highest BCUT2D eigenvalue weighted by Crippen LogP contribution is 2.01. The van der Waals surface area contributed by atoms with Crippen LogP contribution in [0.5, 0.6) is 0 Å². The van der Waals surface area contributed by atoms with Crippen molar-refractivity contribution in [2.24, 2.45) is 4.99 Å². The van der Waals surface area contributed by atoms with Crippen molar-refractivity contribution in [3.63, 3.8) is 0 Å². The van der Waals surface area contributed by atoms with Gasteiger partial charge in [-0.1, -0.05) is 30.9 Å². The topological polar surface area (TPSA) is 12.4 Å². The Labute approximate surface area is 73.5 Å². The summed E-state index contributed by atoms with van der Waals surface area (Å²) in [6, 6.07) is 0. The van der Waals surface area contributed by atoms with E-state index in [2.05, 4.69) is 17.6 Å². The van der Waals surface area contributed by atoms with E-state index in [1.807, 2.05) is 31.4 Å². The van der Waals surface area contributed by atoms with E-state index in [4.69, 9.17) is 0 Å². The molecule has 0 aliphatic heterocycles. The molecule has 0 unspecified atom stereocenters. The van der Waals surface area contributed by atoms with Crippen molar-refractivity contribution in [2.45, 2.75) is 13.3 Å². The van der Waals surface area contributed by atoms with E-state index < -0.39 is 0 Å². The molecule has 12 heavy (non-hydrogen) atoms. The maximum atomic E-state index is 4.30. The quantitative estimate of drug-likeness (QED) is 0.549. The third kappa shape index (κ3) is 2.70. The van der Waals surface area contributed by atoms with Crippen molar-refractivity contribution in [1.29, 1.82) is 0 Å². The maximum absolute atomic E-state index is 4.30. The van der Waals surface area contributed by atoms with Crippen molar-refractivity contribution in [3.8, 4) is 0 Å². The monoisotopic (exact) mass is 159 g/mol. The van der Waals surface area contributed by atoms with Crippen molar-refractivity contribution in [3.05, 3.63) is 48.7 Å². The molecule has 0 aromatic rings. The molecular weight excluding hydrogens is 146 g/mol. The fraction of sp³-hybridized carbons (Fsp3) is 0.182. The van der Waals surface area contributed by atoms with Gasteiger partial charge in [0.1, 0.15) is 0 Å². The lowest BCUT2D eigenvalue weighted by atomic mass is 10.1. The lowest BCUT2D eigenvalue weighted by Crippen LogP contribution is -1.92. The second kappa shape index (κ2) is 4.50. The van der Waals surface area contributed by atoms with E-state index >= 15 is 0 Å². The van der Waals surface area contributed by atoms with Gasteiger partial charge < -0.3 is 0 Å². The Kier molecular flexibility index (Phi) is 3.27. The minimum atomic E-state index is 0.928. The molecular formula is C11H13N. The van der Waals surface area contributed by atoms with Crippen molar-refractivity contribution in [2.75, 3.05) is 0 Å². The van der Waals surface area contributed by atoms with Gasteiger partial charge in [0.2, 0.25) is 0 Å². The summed E-state index contributed by atoms with van der Waals surface area (Å²) in [5.74, 6) is 0. The van der Waals surface area contributed by atoms with Crippen LogP contribution in [-0.2, 0) is 0 Å². The highest BCUT2D eigenvalue weighted by Gasteiger charge is 1.92. The minimum absolute atomic E-state index is 0.928. The summed E-state index contributed by atoms with van der Waals surface area (Å²) < 4.78 is 0. The first-order valence-electron chi connectivity index (χ1n) is 4.02. The molecule has 0 N–H and O–H groups in total. The normalized spacial score (nSPS) is 20.1. The summed E-state index contributed by atoms with van der Waals surface area (Å²) in [6.45, 7) is 5.64. The Morgan fingerprint density at radius 2 is 2.42 bits per heavy atom. The van der Waals surface area contributed by atoms with E-state index in [1.54, 1.807) is 6.08 Å². The molecule has 0 amide bonds. The average Bonchev–Trinajstić information content (AvgIpc) is 2.16. The number of hydrogen-bond acceptors (Lipinski definition) is 1. The highest BCUT2D eigenvalue weighted by molar-refractivity contribution is 5.97. The lowest BCUT2D eigenvalue weighted by Gasteiger charge is -1.98. The van der Waals surface area contributed by atoms with Crippen LogP contribution in [0.1, 0.15) is 13.3 Å². The largest absolute Gasteiger partial charge is 0.261 e. The summed E-state index contributed by atoms with van der Waals surface area (Å²) in [5, 5.41) is 0. The zero-order chi connectivity index (χ0) is 8.81. The summed E-state index contributed by atoms with van der Waals surface area (Å²) >= 11 is 0. The Balaban J connectivity index is 2.64. The van der Waals surface area contributed by atoms with Gasteiger partial charge in [-0.05, 0) is 18.6 Å². The van der Waals surface area contributed by atoms with E-state index in [0.717, 1.165) is 17.7 Å². The van der Waals surface area contributed by atoms with Gasteiger partial charge in [-0.15, -0.1) is 0 Å². The van der Waals surface area contributed by atoms with Gasteiger partial charge >= 0.3 is 0 Å². The Morgan fingerprint density at radius 1 is 1.58 bits per heavy atom. The smallest absolute Gasteiger partial charge is 0.0441 e. The third-order valence-electron chi connectivity index (χ3n) is 1.62. The predicted octanol–water partition coefficient (Wildman–Crippen LogP) is 3.03. The number of allylic oxidation sites excluding steroid dienone is 6. The molecule has 1 aliphatic carbocycles. The van der Waals surface area contributed by atoms with Gasteiger partial charge in [0, 0.05) is 18.3 Å². The molecule has 1 nitrogen and oxygen atoms in total. The molecule has 0 bridgehead atoms. The molecule has 0 aromatic heterocycles. The Bertz CT molecular complexity index is 277. The van der Waals surface area contributed by atoms with Crippen LogP contribution in [0.2, 0.25) is 0 Å². The SMILES string of the molecule is C=C/C(C)=C\N=C1C=CC=CC1. The molecule has 0 fully saturated rings.